The minimum atomic E-state index is -1.18. The van der Waals surface area contributed by atoms with Gasteiger partial charge in [-0.1, -0.05) is 19.6 Å². The Morgan fingerprint density at radius 2 is 2.00 bits per heavy atom. The summed E-state index contributed by atoms with van der Waals surface area (Å²) in [6.45, 7) is 9.96. The van der Waals surface area contributed by atoms with Crippen molar-refractivity contribution in [2.45, 2.75) is 76.5 Å². The van der Waals surface area contributed by atoms with Crippen molar-refractivity contribution in [2.24, 2.45) is 0 Å². The molecule has 12 heteroatoms. The molecule has 0 aromatic carbocycles. The summed E-state index contributed by atoms with van der Waals surface area (Å²) in [5.74, 6) is 1.76. The van der Waals surface area contributed by atoms with Gasteiger partial charge in [0, 0.05) is 39.5 Å². The lowest BCUT2D eigenvalue weighted by atomic mass is 9.78. The zero-order chi connectivity index (χ0) is 25.9. The number of rotatable bonds is 10. The smallest absolute Gasteiger partial charge is 0.338 e. The number of methoxy groups -OCH3 is 2. The van der Waals surface area contributed by atoms with Gasteiger partial charge in [0.05, 0.1) is 18.7 Å². The highest BCUT2D eigenvalue weighted by Gasteiger charge is 2.44. The molecular weight excluding hydrogens is 478 g/mol. The maximum atomic E-state index is 12.4. The molecule has 0 amide bonds. The van der Waals surface area contributed by atoms with Crippen LogP contribution in [0.15, 0.2) is 12.3 Å². The minimum absolute atomic E-state index is 0.0694. The predicted molar refractivity (Wildman–Crippen MR) is 139 cm³/mol. The van der Waals surface area contributed by atoms with Crippen molar-refractivity contribution in [2.75, 3.05) is 26.1 Å². The average Bonchev–Trinajstić information content (AvgIpc) is 3.46. The summed E-state index contributed by atoms with van der Waals surface area (Å²) in [4.78, 5) is 22.2. The monoisotopic (exact) mass is 515 g/mol. The van der Waals surface area contributed by atoms with Crippen LogP contribution in [0.25, 0.3) is 11.0 Å². The first-order valence-corrected chi connectivity index (χ1v) is 16.1. The molecule has 11 nitrogen and oxygen atoms in total. The molecule has 0 saturated heterocycles. The molecule has 196 valence electrons. The molecule has 3 aromatic heterocycles. The normalized spacial score (nSPS) is 20.6. The van der Waals surface area contributed by atoms with Gasteiger partial charge in [0.1, 0.15) is 18.4 Å². The quantitative estimate of drug-likeness (QED) is 0.232. The van der Waals surface area contributed by atoms with Crippen molar-refractivity contribution in [1.29, 1.82) is 0 Å². The van der Waals surface area contributed by atoms with Crippen LogP contribution in [0.1, 0.15) is 43.1 Å². The number of nitrogens with zero attached hydrogens (tertiary/aromatic N) is 5. The number of esters is 1. The number of carbonyl (C=O) groups is 1. The summed E-state index contributed by atoms with van der Waals surface area (Å²) in [5.41, 5.74) is 0.745. The molecule has 0 aliphatic heterocycles. The highest BCUT2D eigenvalue weighted by atomic mass is 28.3. The Morgan fingerprint density at radius 3 is 2.61 bits per heavy atom. The van der Waals surface area contributed by atoms with E-state index in [1.807, 2.05) is 13.0 Å². The van der Waals surface area contributed by atoms with Crippen molar-refractivity contribution >= 4 is 36.7 Å². The lowest BCUT2D eigenvalue weighted by Crippen LogP contribution is -2.44. The van der Waals surface area contributed by atoms with Gasteiger partial charge < -0.3 is 19.5 Å². The molecule has 0 atom stereocenters. The van der Waals surface area contributed by atoms with E-state index in [-0.39, 0.29) is 11.9 Å². The predicted octanol–water partition coefficient (Wildman–Crippen LogP) is 4.13. The van der Waals surface area contributed by atoms with E-state index in [0.29, 0.717) is 62.1 Å². The van der Waals surface area contributed by atoms with E-state index in [1.54, 1.807) is 18.0 Å². The molecule has 1 saturated carbocycles. The van der Waals surface area contributed by atoms with E-state index in [0.717, 1.165) is 17.1 Å². The third-order valence-corrected chi connectivity index (χ3v) is 8.49. The lowest BCUT2D eigenvalue weighted by molar-refractivity contribution is -0.170. The van der Waals surface area contributed by atoms with Crippen LogP contribution >= 0.6 is 0 Å². The van der Waals surface area contributed by atoms with E-state index in [1.165, 1.54) is 7.11 Å². The molecular formula is C24H37N7O4Si. The van der Waals surface area contributed by atoms with Gasteiger partial charge in [0.15, 0.2) is 17.1 Å². The summed E-state index contributed by atoms with van der Waals surface area (Å²) in [5, 5.41) is 15.9. The number of H-pyrrole nitrogens is 1. The summed E-state index contributed by atoms with van der Waals surface area (Å²) >= 11 is 0. The van der Waals surface area contributed by atoms with Gasteiger partial charge in [-0.15, -0.1) is 0 Å². The van der Waals surface area contributed by atoms with Gasteiger partial charge in [0.2, 0.25) is 0 Å². The molecule has 1 fully saturated rings. The maximum Gasteiger partial charge on any atom is 0.338 e. The largest absolute Gasteiger partial charge is 0.467 e. The Balaban J connectivity index is 1.61. The van der Waals surface area contributed by atoms with Crippen LogP contribution in [0.4, 0.5) is 11.6 Å². The number of ether oxygens (including phenoxy) is 3. The Kier molecular flexibility index (Phi) is 7.76. The van der Waals surface area contributed by atoms with Gasteiger partial charge in [-0.2, -0.15) is 10.2 Å². The first-order chi connectivity index (χ1) is 17.1. The molecule has 1 aliphatic carbocycles. The lowest BCUT2D eigenvalue weighted by Gasteiger charge is -2.36. The van der Waals surface area contributed by atoms with Crippen molar-refractivity contribution in [3.8, 4) is 0 Å². The van der Waals surface area contributed by atoms with Crippen LogP contribution in [-0.2, 0) is 25.7 Å². The fraction of sp³-hybridized carbons (Fsp3) is 0.625. The molecule has 3 heterocycles. The third-order valence-electron chi connectivity index (χ3n) is 6.78. The zero-order valence-corrected chi connectivity index (χ0v) is 23.1. The fourth-order valence-corrected chi connectivity index (χ4v) is 5.25. The van der Waals surface area contributed by atoms with Crippen molar-refractivity contribution < 1.29 is 19.0 Å². The van der Waals surface area contributed by atoms with E-state index in [9.17, 15) is 4.79 Å². The standard InChI is InChI=1S/C24H37N7O4Si/c1-16-13-19(30-29-16)26-21-18-14-25-31(15-35-11-12-36(4,5)6)22(18)28-20(27-21)17-7-9-24(34-3,10-8-17)23(32)33-2/h13-14,17H,7-12,15H2,1-6H3,(H2,26,27,28,29,30). The number of aromatic amines is 1. The van der Waals surface area contributed by atoms with Crippen LogP contribution in [0.3, 0.4) is 0 Å². The van der Waals surface area contributed by atoms with Crippen LogP contribution in [0.5, 0.6) is 0 Å². The molecule has 0 radical (unpaired) electrons. The van der Waals surface area contributed by atoms with E-state index in [4.69, 9.17) is 24.2 Å². The SMILES string of the molecule is COC(=O)C1(OC)CCC(c2nc(Nc3cc(C)[nH]n3)c3cnn(COCC[Si](C)(C)C)c3n2)CC1. The van der Waals surface area contributed by atoms with E-state index in [2.05, 4.69) is 40.3 Å². The van der Waals surface area contributed by atoms with Gasteiger partial charge in [-0.05, 0) is 38.7 Å². The molecule has 36 heavy (non-hydrogen) atoms. The van der Waals surface area contributed by atoms with E-state index >= 15 is 0 Å². The third kappa shape index (κ3) is 5.76. The second kappa shape index (κ2) is 10.6. The summed E-state index contributed by atoms with van der Waals surface area (Å²) in [7, 11) is 1.78. The maximum absolute atomic E-state index is 12.4. The Morgan fingerprint density at radius 1 is 1.25 bits per heavy atom. The topological polar surface area (TPSA) is 129 Å². The van der Waals surface area contributed by atoms with Gasteiger partial charge >= 0.3 is 5.97 Å². The number of anilines is 2. The van der Waals surface area contributed by atoms with Crippen LogP contribution in [-0.4, -0.2) is 70.4 Å². The number of aryl methyl sites for hydroxylation is 1. The highest BCUT2D eigenvalue weighted by Crippen LogP contribution is 2.40. The van der Waals surface area contributed by atoms with Gasteiger partial charge in [0.25, 0.3) is 0 Å². The zero-order valence-electron chi connectivity index (χ0n) is 22.1. The van der Waals surface area contributed by atoms with Crippen molar-refractivity contribution in [3.63, 3.8) is 0 Å². The summed E-state index contributed by atoms with van der Waals surface area (Å²) in [6.07, 6.45) is 4.26. The first kappa shape index (κ1) is 26.2. The number of carbonyl (C=O) groups excluding carboxylic acids is 1. The van der Waals surface area contributed by atoms with Crippen LogP contribution < -0.4 is 5.32 Å². The fourth-order valence-electron chi connectivity index (χ4n) is 4.50. The number of nitrogens with one attached hydrogen (secondary N) is 2. The molecule has 4 rings (SSSR count). The average molecular weight is 516 g/mol. The molecule has 0 spiro atoms. The second-order valence-corrected chi connectivity index (χ2v) is 16.3. The Bertz CT molecular complexity index is 1190. The number of hydrogen-bond donors (Lipinski definition) is 2. The summed E-state index contributed by atoms with van der Waals surface area (Å²) in [6, 6.07) is 3.00. The minimum Gasteiger partial charge on any atom is -0.467 e. The highest BCUT2D eigenvalue weighted by molar-refractivity contribution is 6.76. The van der Waals surface area contributed by atoms with Crippen molar-refractivity contribution in [1.82, 2.24) is 29.9 Å². The summed E-state index contributed by atoms with van der Waals surface area (Å²) < 4.78 is 18.4. The number of fused-ring (bicyclic) bond motifs is 1. The van der Waals surface area contributed by atoms with Crippen LogP contribution in [0, 0.1) is 6.92 Å². The molecule has 3 aromatic rings. The molecule has 1 aliphatic rings. The Hall–Kier alpha value is -2.83. The van der Waals surface area contributed by atoms with Crippen LogP contribution in [0.2, 0.25) is 25.7 Å². The Labute approximate surface area is 212 Å². The van der Waals surface area contributed by atoms with E-state index < -0.39 is 13.7 Å². The van der Waals surface area contributed by atoms with Gasteiger partial charge in [-0.25, -0.2) is 19.4 Å². The number of hydrogen-bond acceptors (Lipinski definition) is 9. The second-order valence-electron chi connectivity index (χ2n) is 10.7. The molecule has 0 bridgehead atoms. The van der Waals surface area contributed by atoms with Crippen molar-refractivity contribution in [3.05, 3.63) is 23.8 Å². The molecule has 2 N–H and O–H groups in total. The first-order valence-electron chi connectivity index (χ1n) is 12.4. The number of aromatic nitrogens is 6. The van der Waals surface area contributed by atoms with Gasteiger partial charge in [-0.3, -0.25) is 5.10 Å². The molecule has 0 unspecified atom stereocenters.